The summed E-state index contributed by atoms with van der Waals surface area (Å²) in [5, 5.41) is 14.8. The third-order valence-electron chi connectivity index (χ3n) is 8.49. The molecule has 0 saturated carbocycles. The number of nitrogens with zero attached hydrogens (tertiary/aromatic N) is 5. The summed E-state index contributed by atoms with van der Waals surface area (Å²) in [4.78, 5) is 14.6. The van der Waals surface area contributed by atoms with E-state index in [4.69, 9.17) is 19.4 Å². The third-order valence-corrected chi connectivity index (χ3v) is 8.49. The maximum Gasteiger partial charge on any atom is 0.164 e. The molecule has 0 spiro atoms. The van der Waals surface area contributed by atoms with Crippen molar-refractivity contribution < 1.29 is 4.42 Å². The highest BCUT2D eigenvalue weighted by Crippen LogP contribution is 2.39. The number of aromatic nitrogens is 4. The summed E-state index contributed by atoms with van der Waals surface area (Å²) < 4.78 is 8.41. The first-order valence-electron chi connectivity index (χ1n) is 15.0. The van der Waals surface area contributed by atoms with Crippen LogP contribution in [0.1, 0.15) is 5.56 Å². The van der Waals surface area contributed by atoms with Gasteiger partial charge in [0, 0.05) is 38.2 Å². The lowest BCUT2D eigenvalue weighted by atomic mass is 10.1. The number of hydrogen-bond donors (Lipinski definition) is 0. The molecule has 3 aromatic heterocycles. The molecule has 0 amide bonds. The maximum atomic E-state index is 10.5. The molecule has 0 aliphatic rings. The van der Waals surface area contributed by atoms with Gasteiger partial charge < -0.3 is 8.98 Å². The minimum absolute atomic E-state index is 0.504. The molecule has 0 radical (unpaired) electrons. The zero-order valence-corrected chi connectivity index (χ0v) is 24.4. The van der Waals surface area contributed by atoms with Crippen LogP contribution in [0.4, 0.5) is 0 Å². The van der Waals surface area contributed by atoms with Gasteiger partial charge in [0.1, 0.15) is 17.2 Å². The Hall–Kier alpha value is -6.58. The molecular weight excluding hydrogens is 566 g/mol. The molecule has 0 fully saturated rings. The lowest BCUT2D eigenvalue weighted by Crippen LogP contribution is -2.02. The van der Waals surface area contributed by atoms with Gasteiger partial charge in [0.15, 0.2) is 17.5 Å². The van der Waals surface area contributed by atoms with E-state index in [1.165, 1.54) is 0 Å². The lowest BCUT2D eigenvalue weighted by molar-refractivity contribution is 0.669. The van der Waals surface area contributed by atoms with E-state index in [0.29, 0.717) is 23.0 Å². The summed E-state index contributed by atoms with van der Waals surface area (Å²) in [6.07, 6.45) is 0. The summed E-state index contributed by atoms with van der Waals surface area (Å²) in [6.45, 7) is 0. The van der Waals surface area contributed by atoms with Crippen LogP contribution in [0.2, 0.25) is 0 Å². The third kappa shape index (κ3) is 4.07. The van der Waals surface area contributed by atoms with Crippen LogP contribution < -0.4 is 0 Å². The highest BCUT2D eigenvalue weighted by molar-refractivity contribution is 6.17. The van der Waals surface area contributed by atoms with Crippen LogP contribution in [-0.4, -0.2) is 19.5 Å². The molecule has 0 unspecified atom stereocenters. The van der Waals surface area contributed by atoms with Gasteiger partial charge >= 0.3 is 0 Å². The second-order valence-corrected chi connectivity index (χ2v) is 11.2. The van der Waals surface area contributed by atoms with Crippen molar-refractivity contribution in [2.75, 3.05) is 0 Å². The zero-order chi connectivity index (χ0) is 30.6. The van der Waals surface area contributed by atoms with E-state index in [2.05, 4.69) is 41.0 Å². The van der Waals surface area contributed by atoms with Crippen LogP contribution >= 0.6 is 0 Å². The zero-order valence-electron chi connectivity index (χ0n) is 24.4. The molecular formula is C40H23N5O. The first kappa shape index (κ1) is 25.9. The van der Waals surface area contributed by atoms with E-state index >= 15 is 0 Å². The van der Waals surface area contributed by atoms with Gasteiger partial charge in [0.05, 0.1) is 22.3 Å². The molecule has 0 aliphatic carbocycles. The Balaban J connectivity index is 1.26. The first-order chi connectivity index (χ1) is 22.7. The first-order valence-corrected chi connectivity index (χ1v) is 15.0. The average Bonchev–Trinajstić information content (AvgIpc) is 3.65. The molecule has 0 bridgehead atoms. The Morgan fingerprint density at radius 3 is 1.78 bits per heavy atom. The van der Waals surface area contributed by atoms with Gasteiger partial charge in [0.2, 0.25) is 0 Å². The second kappa shape index (κ2) is 10.3. The topological polar surface area (TPSA) is 80.5 Å². The minimum atomic E-state index is 0.504. The summed E-state index contributed by atoms with van der Waals surface area (Å²) in [6, 6.07) is 48.7. The van der Waals surface area contributed by atoms with Gasteiger partial charge in [-0.1, -0.05) is 97.1 Å². The van der Waals surface area contributed by atoms with Crippen LogP contribution in [-0.2, 0) is 0 Å². The number of nitriles is 1. The largest absolute Gasteiger partial charge is 0.456 e. The van der Waals surface area contributed by atoms with Crippen molar-refractivity contribution in [1.29, 1.82) is 5.26 Å². The average molecular weight is 590 g/mol. The second-order valence-electron chi connectivity index (χ2n) is 11.2. The quantitative estimate of drug-likeness (QED) is 0.204. The van der Waals surface area contributed by atoms with Crippen molar-refractivity contribution in [3.05, 3.63) is 145 Å². The summed E-state index contributed by atoms with van der Waals surface area (Å²) in [5.41, 5.74) is 7.52. The van der Waals surface area contributed by atoms with Gasteiger partial charge in [-0.25, -0.2) is 15.0 Å². The molecule has 214 valence electrons. The Morgan fingerprint density at radius 2 is 1.09 bits per heavy atom. The molecule has 9 rings (SSSR count). The number of benzene rings is 6. The van der Waals surface area contributed by atoms with Crippen LogP contribution in [0.5, 0.6) is 0 Å². The number of rotatable bonds is 4. The van der Waals surface area contributed by atoms with Gasteiger partial charge in [0.25, 0.3) is 0 Å². The number of fused-ring (bicyclic) bond motifs is 6. The van der Waals surface area contributed by atoms with Crippen LogP contribution in [0.25, 0.3) is 83.6 Å². The van der Waals surface area contributed by atoms with Gasteiger partial charge in [-0.3, -0.25) is 0 Å². The van der Waals surface area contributed by atoms with Crippen LogP contribution in [0.3, 0.4) is 0 Å². The lowest BCUT2D eigenvalue weighted by Gasteiger charge is -2.12. The van der Waals surface area contributed by atoms with E-state index < -0.39 is 0 Å². The standard InChI is InChI=1S/C40H23N5O/c41-24-28-21-27(40-43-38(25-11-3-1-4-12-25)42-39(44-40)26-13-5-2-6-14-26)19-20-33(28)45-34-17-9-7-15-29(34)31-23-37-32(22-35(31)45)30-16-8-10-18-36(30)46-37/h1-23H. The van der Waals surface area contributed by atoms with E-state index in [9.17, 15) is 5.26 Å². The van der Waals surface area contributed by atoms with Crippen molar-refractivity contribution in [1.82, 2.24) is 19.5 Å². The maximum absolute atomic E-state index is 10.5. The van der Waals surface area contributed by atoms with Gasteiger partial charge in [-0.2, -0.15) is 5.26 Å². The molecule has 0 saturated heterocycles. The predicted molar refractivity (Wildman–Crippen MR) is 182 cm³/mol. The Morgan fingerprint density at radius 1 is 0.478 bits per heavy atom. The summed E-state index contributed by atoms with van der Waals surface area (Å²) in [7, 11) is 0. The molecule has 6 heteroatoms. The summed E-state index contributed by atoms with van der Waals surface area (Å²) >= 11 is 0. The normalized spacial score (nSPS) is 11.5. The van der Waals surface area contributed by atoms with Crippen molar-refractivity contribution in [3.63, 3.8) is 0 Å². The van der Waals surface area contributed by atoms with Gasteiger partial charge in [-0.15, -0.1) is 0 Å². The molecule has 9 aromatic rings. The fourth-order valence-corrected chi connectivity index (χ4v) is 6.34. The van der Waals surface area contributed by atoms with Gasteiger partial charge in [-0.05, 0) is 42.5 Å². The SMILES string of the molecule is N#Cc1cc(-c2nc(-c3ccccc3)nc(-c3ccccc3)n2)ccc1-n1c2ccccc2c2cc3oc4ccccc4c3cc21. The fraction of sp³-hybridized carbons (Fsp3) is 0. The molecule has 0 N–H and O–H groups in total. The fourth-order valence-electron chi connectivity index (χ4n) is 6.34. The van der Waals surface area contributed by atoms with Crippen molar-refractivity contribution in [2.24, 2.45) is 0 Å². The monoisotopic (exact) mass is 589 g/mol. The molecule has 46 heavy (non-hydrogen) atoms. The van der Waals surface area contributed by atoms with Crippen LogP contribution in [0, 0.1) is 11.3 Å². The minimum Gasteiger partial charge on any atom is -0.456 e. The Kier molecular flexibility index (Phi) is 5.77. The molecule has 0 aliphatic heterocycles. The van der Waals surface area contributed by atoms with Crippen molar-refractivity contribution in [3.8, 4) is 45.9 Å². The molecule has 3 heterocycles. The van der Waals surface area contributed by atoms with Crippen molar-refractivity contribution >= 4 is 43.7 Å². The van der Waals surface area contributed by atoms with E-state index in [1.54, 1.807) is 0 Å². The number of furan rings is 1. The Labute approximate surface area is 263 Å². The Bertz CT molecular complexity index is 2590. The highest BCUT2D eigenvalue weighted by atomic mass is 16.3. The van der Waals surface area contributed by atoms with E-state index in [-0.39, 0.29) is 0 Å². The molecule has 0 atom stereocenters. The summed E-state index contributed by atoms with van der Waals surface area (Å²) in [5.74, 6) is 1.65. The predicted octanol–water partition coefficient (Wildman–Crippen LogP) is 9.74. The molecule has 6 aromatic carbocycles. The smallest absolute Gasteiger partial charge is 0.164 e. The van der Waals surface area contributed by atoms with E-state index in [1.807, 2.05) is 109 Å². The van der Waals surface area contributed by atoms with Crippen LogP contribution in [0.15, 0.2) is 144 Å². The van der Waals surface area contributed by atoms with E-state index in [0.717, 1.165) is 66.1 Å². The van der Waals surface area contributed by atoms with Crippen molar-refractivity contribution in [2.45, 2.75) is 0 Å². The number of para-hydroxylation sites is 2. The highest BCUT2D eigenvalue weighted by Gasteiger charge is 2.19. The molecule has 6 nitrogen and oxygen atoms in total. The number of hydrogen-bond acceptors (Lipinski definition) is 5.